The van der Waals surface area contributed by atoms with Crippen LogP contribution in [-0.2, 0) is 19.9 Å². The lowest BCUT2D eigenvalue weighted by atomic mass is 10.1. The van der Waals surface area contributed by atoms with Gasteiger partial charge < -0.3 is 0 Å². The van der Waals surface area contributed by atoms with Crippen LogP contribution in [0.4, 0.5) is 0 Å². The molecule has 1 unspecified atom stereocenters. The Morgan fingerprint density at radius 3 is 2.50 bits per heavy atom. The first kappa shape index (κ1) is 15.3. The molecule has 0 saturated heterocycles. The molecule has 0 aliphatic carbocycles. The predicted octanol–water partition coefficient (Wildman–Crippen LogP) is 3.07. The summed E-state index contributed by atoms with van der Waals surface area (Å²) < 4.78 is 0. The second-order valence-corrected chi connectivity index (χ2v) is 4.24. The second kappa shape index (κ2) is 8.48. The third-order valence-corrected chi connectivity index (χ3v) is 1.96. The fourth-order valence-corrected chi connectivity index (χ4v) is 0.931. The molecule has 0 radical (unpaired) electrons. The molecule has 0 aliphatic heterocycles. The maximum Gasteiger partial charge on any atom is 0.186 e. The standard InChI is InChI=1S/C11H21NO4/c1-5-6-7-8-10(2)13-15-16-14-11(3,4)9-12/h10H,5-8H2,1-4H3. The number of nitriles is 1. The summed E-state index contributed by atoms with van der Waals surface area (Å²) in [6, 6.07) is 1.89. The van der Waals surface area contributed by atoms with E-state index in [1.165, 1.54) is 12.8 Å². The van der Waals surface area contributed by atoms with E-state index in [0.717, 1.165) is 12.8 Å². The largest absolute Gasteiger partial charge is 0.201 e. The van der Waals surface area contributed by atoms with E-state index in [1.807, 2.05) is 13.0 Å². The van der Waals surface area contributed by atoms with Crippen LogP contribution >= 0.6 is 0 Å². The van der Waals surface area contributed by atoms with Crippen LogP contribution in [0, 0.1) is 11.3 Å². The van der Waals surface area contributed by atoms with E-state index in [2.05, 4.69) is 21.9 Å². The van der Waals surface area contributed by atoms with Crippen molar-refractivity contribution in [2.45, 2.75) is 65.1 Å². The number of hydrogen-bond donors (Lipinski definition) is 0. The monoisotopic (exact) mass is 231 g/mol. The van der Waals surface area contributed by atoms with Crippen molar-refractivity contribution in [2.75, 3.05) is 0 Å². The summed E-state index contributed by atoms with van der Waals surface area (Å²) in [6.07, 6.45) is 4.28. The van der Waals surface area contributed by atoms with Crippen LogP contribution in [0.2, 0.25) is 0 Å². The summed E-state index contributed by atoms with van der Waals surface area (Å²) in [4.78, 5) is 9.52. The molecule has 5 heteroatoms. The molecule has 0 rings (SSSR count). The third-order valence-electron chi connectivity index (χ3n) is 1.96. The molecular formula is C11H21NO4. The molecule has 0 N–H and O–H groups in total. The maximum absolute atomic E-state index is 8.59. The van der Waals surface area contributed by atoms with Crippen LogP contribution in [-0.4, -0.2) is 11.7 Å². The van der Waals surface area contributed by atoms with Gasteiger partial charge in [0.15, 0.2) is 5.60 Å². The molecule has 0 bridgehead atoms. The van der Waals surface area contributed by atoms with Crippen LogP contribution in [0.1, 0.15) is 53.4 Å². The number of rotatable bonds is 9. The molecule has 0 aromatic carbocycles. The quantitative estimate of drug-likeness (QED) is 0.346. The minimum absolute atomic E-state index is 0.0552. The van der Waals surface area contributed by atoms with E-state index >= 15 is 0 Å². The zero-order valence-corrected chi connectivity index (χ0v) is 10.5. The van der Waals surface area contributed by atoms with Gasteiger partial charge in [-0.25, -0.2) is 4.89 Å². The molecule has 0 heterocycles. The molecular weight excluding hydrogens is 210 g/mol. The maximum atomic E-state index is 8.59. The van der Waals surface area contributed by atoms with Crippen molar-refractivity contribution in [1.29, 1.82) is 5.26 Å². The van der Waals surface area contributed by atoms with Crippen LogP contribution in [0.15, 0.2) is 0 Å². The lowest BCUT2D eigenvalue weighted by Gasteiger charge is -2.14. The molecule has 1 atom stereocenters. The fraction of sp³-hybridized carbons (Fsp3) is 0.909. The number of unbranched alkanes of at least 4 members (excludes halogenated alkanes) is 2. The molecule has 0 aliphatic rings. The zero-order chi connectivity index (χ0) is 12.4. The lowest BCUT2D eigenvalue weighted by Crippen LogP contribution is -2.22. The third kappa shape index (κ3) is 8.62. The lowest BCUT2D eigenvalue weighted by molar-refractivity contribution is -0.652. The zero-order valence-electron chi connectivity index (χ0n) is 10.5. The summed E-state index contributed by atoms with van der Waals surface area (Å²) in [5, 5.41) is 17.3. The highest BCUT2D eigenvalue weighted by Crippen LogP contribution is 2.10. The van der Waals surface area contributed by atoms with Gasteiger partial charge in [-0.2, -0.15) is 10.1 Å². The molecule has 94 valence electrons. The van der Waals surface area contributed by atoms with Gasteiger partial charge in [0.05, 0.1) is 6.10 Å². The van der Waals surface area contributed by atoms with Crippen LogP contribution < -0.4 is 0 Å². The van der Waals surface area contributed by atoms with Gasteiger partial charge in [0.25, 0.3) is 0 Å². The Bertz CT molecular complexity index is 213. The van der Waals surface area contributed by atoms with Crippen LogP contribution in [0.25, 0.3) is 0 Å². The molecule has 0 fully saturated rings. The van der Waals surface area contributed by atoms with Crippen molar-refractivity contribution in [1.82, 2.24) is 0 Å². The van der Waals surface area contributed by atoms with Crippen molar-refractivity contribution in [3.05, 3.63) is 0 Å². The highest BCUT2D eigenvalue weighted by Gasteiger charge is 2.19. The Morgan fingerprint density at radius 1 is 1.25 bits per heavy atom. The molecule has 0 amide bonds. The molecule has 16 heavy (non-hydrogen) atoms. The molecule has 0 saturated carbocycles. The van der Waals surface area contributed by atoms with E-state index in [9.17, 15) is 0 Å². The van der Waals surface area contributed by atoms with Crippen molar-refractivity contribution in [3.8, 4) is 6.07 Å². The van der Waals surface area contributed by atoms with Gasteiger partial charge in [0, 0.05) is 0 Å². The van der Waals surface area contributed by atoms with Crippen molar-refractivity contribution in [3.63, 3.8) is 0 Å². The topological polar surface area (TPSA) is 60.7 Å². The van der Waals surface area contributed by atoms with Gasteiger partial charge in [0.1, 0.15) is 6.07 Å². The first-order valence-corrected chi connectivity index (χ1v) is 5.61. The minimum atomic E-state index is -1.05. The Hall–Kier alpha value is -0.670. The summed E-state index contributed by atoms with van der Waals surface area (Å²) in [7, 11) is 0. The van der Waals surface area contributed by atoms with Crippen molar-refractivity contribution in [2.24, 2.45) is 0 Å². The summed E-state index contributed by atoms with van der Waals surface area (Å²) >= 11 is 0. The molecule has 5 nitrogen and oxygen atoms in total. The molecule has 0 spiro atoms. The van der Waals surface area contributed by atoms with E-state index in [0.29, 0.717) is 0 Å². The summed E-state index contributed by atoms with van der Waals surface area (Å²) in [6.45, 7) is 7.14. The van der Waals surface area contributed by atoms with Gasteiger partial charge in [0.2, 0.25) is 0 Å². The Morgan fingerprint density at radius 2 is 1.94 bits per heavy atom. The summed E-state index contributed by atoms with van der Waals surface area (Å²) in [5.41, 5.74) is -1.05. The van der Waals surface area contributed by atoms with Gasteiger partial charge in [-0.15, -0.1) is 0 Å². The Balaban J connectivity index is 3.41. The fourth-order valence-electron chi connectivity index (χ4n) is 0.931. The first-order chi connectivity index (χ1) is 7.52. The van der Waals surface area contributed by atoms with Gasteiger partial charge in [-0.3, -0.25) is 0 Å². The number of nitrogens with zero attached hydrogens (tertiary/aromatic N) is 1. The molecule has 0 aromatic heterocycles. The second-order valence-electron chi connectivity index (χ2n) is 4.24. The predicted molar refractivity (Wildman–Crippen MR) is 57.6 cm³/mol. The number of hydrogen-bond acceptors (Lipinski definition) is 5. The van der Waals surface area contributed by atoms with Crippen molar-refractivity contribution < 1.29 is 19.9 Å². The normalized spacial score (nSPS) is 13.4. The van der Waals surface area contributed by atoms with E-state index < -0.39 is 5.60 Å². The van der Waals surface area contributed by atoms with Crippen LogP contribution in [0.3, 0.4) is 0 Å². The highest BCUT2D eigenvalue weighted by atomic mass is 17.7. The Kier molecular flexibility index (Phi) is 8.12. The molecule has 0 aromatic rings. The minimum Gasteiger partial charge on any atom is -0.201 e. The van der Waals surface area contributed by atoms with Crippen molar-refractivity contribution >= 4 is 0 Å². The van der Waals surface area contributed by atoms with Gasteiger partial charge >= 0.3 is 0 Å². The highest BCUT2D eigenvalue weighted by molar-refractivity contribution is 4.92. The van der Waals surface area contributed by atoms with Gasteiger partial charge in [-0.05, 0) is 37.3 Å². The average molecular weight is 231 g/mol. The SMILES string of the molecule is CCCCCC(C)OOOOC(C)(C)C#N. The van der Waals surface area contributed by atoms with E-state index in [-0.39, 0.29) is 6.10 Å². The van der Waals surface area contributed by atoms with E-state index in [4.69, 9.17) is 10.1 Å². The first-order valence-electron chi connectivity index (χ1n) is 5.61. The van der Waals surface area contributed by atoms with Gasteiger partial charge in [-0.1, -0.05) is 26.2 Å². The smallest absolute Gasteiger partial charge is 0.186 e. The van der Waals surface area contributed by atoms with Crippen LogP contribution in [0.5, 0.6) is 0 Å². The van der Waals surface area contributed by atoms with E-state index in [1.54, 1.807) is 13.8 Å². The Labute approximate surface area is 97.0 Å². The summed E-state index contributed by atoms with van der Waals surface area (Å²) in [5.74, 6) is 0. The average Bonchev–Trinajstić information content (AvgIpc) is 2.25.